The van der Waals surface area contributed by atoms with E-state index in [0.29, 0.717) is 6.42 Å². The number of nitrogens with zero attached hydrogens (tertiary/aromatic N) is 2. The van der Waals surface area contributed by atoms with E-state index >= 15 is 0 Å². The molecule has 2 aromatic heterocycles. The molecular weight excluding hydrogens is 388 g/mol. The average Bonchev–Trinajstić information content (AvgIpc) is 3.06. The van der Waals surface area contributed by atoms with E-state index in [4.69, 9.17) is 10.2 Å². The summed E-state index contributed by atoms with van der Waals surface area (Å²) in [5, 5.41) is 13.7. The fraction of sp³-hybridized carbons (Fsp3) is 0.364. The van der Waals surface area contributed by atoms with Gasteiger partial charge in [0.1, 0.15) is 0 Å². The van der Waals surface area contributed by atoms with Crippen LogP contribution in [0.1, 0.15) is 48.7 Å². The first-order valence-electron chi connectivity index (χ1n) is 9.77. The van der Waals surface area contributed by atoms with Crippen LogP contribution < -0.4 is 0 Å². The summed E-state index contributed by atoms with van der Waals surface area (Å²) in [6.45, 7) is 4.06. The predicted molar refractivity (Wildman–Crippen MR) is 113 cm³/mol. The molecule has 154 valence electrons. The second-order valence-electron chi connectivity index (χ2n) is 7.16. The van der Waals surface area contributed by atoms with E-state index in [1.54, 1.807) is 0 Å². The van der Waals surface area contributed by atoms with Crippen LogP contribution in [0, 0.1) is 6.92 Å². The van der Waals surface area contributed by atoms with Crippen LogP contribution in [0.5, 0.6) is 0 Å². The molecule has 2 heterocycles. The van der Waals surface area contributed by atoms with Gasteiger partial charge in [-0.3, -0.25) is 9.00 Å². The molecule has 0 saturated carbocycles. The van der Waals surface area contributed by atoms with Gasteiger partial charge in [0.25, 0.3) is 0 Å². The zero-order valence-corrected chi connectivity index (χ0v) is 17.5. The number of aliphatic carboxylic acids is 1. The molecule has 6 nitrogen and oxygen atoms in total. The summed E-state index contributed by atoms with van der Waals surface area (Å²) in [6.07, 6.45) is 3.09. The van der Waals surface area contributed by atoms with Gasteiger partial charge in [-0.05, 0) is 61.4 Å². The number of hydrogen-bond donors (Lipinski definition) is 1. The highest BCUT2D eigenvalue weighted by atomic mass is 32.2. The highest BCUT2D eigenvalue weighted by Gasteiger charge is 2.17. The fourth-order valence-electron chi connectivity index (χ4n) is 3.75. The zero-order valence-electron chi connectivity index (χ0n) is 16.7. The van der Waals surface area contributed by atoms with Gasteiger partial charge in [-0.2, -0.15) is 5.10 Å². The number of hydrogen-bond acceptors (Lipinski definition) is 4. The Kier molecular flexibility index (Phi) is 6.82. The maximum absolute atomic E-state index is 11.2. The van der Waals surface area contributed by atoms with Gasteiger partial charge in [0.05, 0.1) is 11.2 Å². The topological polar surface area (TPSA) is 94.7 Å². The summed E-state index contributed by atoms with van der Waals surface area (Å²) in [6, 6.07) is 11.7. The number of carboxylic acids is 1. The summed E-state index contributed by atoms with van der Waals surface area (Å²) >= 11 is -2.15. The summed E-state index contributed by atoms with van der Waals surface area (Å²) in [5.41, 5.74) is 6.83. The second-order valence-corrected chi connectivity index (χ2v) is 8.06. The number of aromatic nitrogens is 2. The van der Waals surface area contributed by atoms with Crippen LogP contribution in [-0.2, 0) is 34.5 Å². The summed E-state index contributed by atoms with van der Waals surface area (Å²) in [4.78, 5) is 10.8. The number of unbranched alkanes of at least 4 members (excludes halogenated alkanes) is 1. The van der Waals surface area contributed by atoms with E-state index in [9.17, 15) is 13.6 Å². The van der Waals surface area contributed by atoms with Gasteiger partial charge in [0.15, 0.2) is 0 Å². The average molecular weight is 414 g/mol. The van der Waals surface area contributed by atoms with Gasteiger partial charge in [-0.25, -0.2) is 4.52 Å². The Bertz CT molecular complexity index is 1060. The molecule has 0 aliphatic carbocycles. The minimum atomic E-state index is -2.15. The van der Waals surface area contributed by atoms with E-state index in [0.717, 1.165) is 58.4 Å². The lowest BCUT2D eigenvalue weighted by Crippen LogP contribution is -2.06. The molecule has 0 aliphatic rings. The molecule has 0 spiro atoms. The Balaban J connectivity index is 2.11. The molecule has 1 unspecified atom stereocenters. The van der Waals surface area contributed by atoms with Crippen LogP contribution in [0.4, 0.5) is 0 Å². The molecule has 29 heavy (non-hydrogen) atoms. The predicted octanol–water partition coefficient (Wildman–Crippen LogP) is 4.05. The van der Waals surface area contributed by atoms with Crippen LogP contribution in [-0.4, -0.2) is 29.5 Å². The molecule has 0 fully saturated rings. The molecule has 0 amide bonds. The summed E-state index contributed by atoms with van der Waals surface area (Å²) in [7, 11) is 0. The molecule has 0 radical (unpaired) electrons. The van der Waals surface area contributed by atoms with E-state index in [-0.39, 0.29) is 12.2 Å². The summed E-state index contributed by atoms with van der Waals surface area (Å²) in [5.74, 6) is -0.809. The number of aryl methyl sites for hydroxylation is 2. The quantitative estimate of drug-likeness (QED) is 0.422. The van der Waals surface area contributed by atoms with Crippen molar-refractivity contribution < 1.29 is 18.7 Å². The highest BCUT2D eigenvalue weighted by Crippen LogP contribution is 2.33. The number of carbonyl (C=O) groups is 1. The van der Waals surface area contributed by atoms with Crippen molar-refractivity contribution in [3.05, 3.63) is 58.9 Å². The monoisotopic (exact) mass is 413 g/mol. The van der Waals surface area contributed by atoms with Gasteiger partial charge >= 0.3 is 5.97 Å². The van der Waals surface area contributed by atoms with Crippen LogP contribution >= 0.6 is 0 Å². The van der Waals surface area contributed by atoms with Gasteiger partial charge in [0.2, 0.25) is 0 Å². The Morgan fingerprint density at radius 2 is 2.03 bits per heavy atom. The lowest BCUT2D eigenvalue weighted by atomic mass is 9.94. The van der Waals surface area contributed by atoms with Gasteiger partial charge in [-0.1, -0.05) is 42.3 Å². The molecule has 1 N–H and O–H groups in total. The minimum absolute atomic E-state index is 0.0244. The van der Waals surface area contributed by atoms with Crippen LogP contribution in [0.3, 0.4) is 0 Å². The lowest BCUT2D eigenvalue weighted by Gasteiger charge is -2.17. The van der Waals surface area contributed by atoms with Gasteiger partial charge < -0.3 is 9.66 Å². The van der Waals surface area contributed by atoms with E-state index in [2.05, 4.69) is 19.1 Å². The normalized spacial score (nSPS) is 12.4. The van der Waals surface area contributed by atoms with Crippen molar-refractivity contribution in [3.63, 3.8) is 0 Å². The van der Waals surface area contributed by atoms with E-state index in [1.807, 2.05) is 35.7 Å². The fourth-order valence-corrected chi connectivity index (χ4v) is 4.20. The molecular formula is C22H25N2O4S-. The number of carboxylic acid groups (broad SMARTS) is 1. The highest BCUT2D eigenvalue weighted by molar-refractivity contribution is 7.78. The third-order valence-electron chi connectivity index (χ3n) is 5.11. The van der Waals surface area contributed by atoms with E-state index in [1.165, 1.54) is 0 Å². The van der Waals surface area contributed by atoms with E-state index < -0.39 is 17.0 Å². The Labute approximate surface area is 172 Å². The van der Waals surface area contributed by atoms with Crippen molar-refractivity contribution in [1.29, 1.82) is 0 Å². The smallest absolute Gasteiger partial charge is 0.303 e. The molecule has 1 atom stereocenters. The number of fused-ring (bicyclic) bond motifs is 1. The Morgan fingerprint density at radius 1 is 1.24 bits per heavy atom. The molecule has 0 bridgehead atoms. The third-order valence-corrected chi connectivity index (χ3v) is 5.68. The van der Waals surface area contributed by atoms with Crippen molar-refractivity contribution in [2.24, 2.45) is 0 Å². The molecule has 3 aromatic rings. The molecule has 3 rings (SSSR count). The largest absolute Gasteiger partial charge is 0.772 e. The lowest BCUT2D eigenvalue weighted by molar-refractivity contribution is -0.137. The van der Waals surface area contributed by atoms with Crippen molar-refractivity contribution in [2.45, 2.75) is 51.7 Å². The summed E-state index contributed by atoms with van der Waals surface area (Å²) < 4.78 is 24.3. The number of benzene rings is 1. The molecule has 0 aliphatic heterocycles. The van der Waals surface area contributed by atoms with Crippen LogP contribution in [0.15, 0.2) is 36.4 Å². The van der Waals surface area contributed by atoms with Gasteiger partial charge in [-0.15, -0.1) is 0 Å². The Hall–Kier alpha value is -2.51. The Morgan fingerprint density at radius 3 is 2.72 bits per heavy atom. The maximum Gasteiger partial charge on any atom is 0.303 e. The minimum Gasteiger partial charge on any atom is -0.772 e. The third kappa shape index (κ3) is 4.92. The zero-order chi connectivity index (χ0) is 21.0. The molecule has 1 aromatic carbocycles. The standard InChI is InChI=1S/C22H26N2O4S/c1-3-18-11-12-20-22(17-8-6-7-16(13-17)14-29(27)28)19(15(2)23-24(18)20)9-4-5-10-21(25)26/h6-8,11-13H,3-5,9-10,14H2,1-2H3,(H,25,26)(H,27,28)/p-1. The van der Waals surface area contributed by atoms with Crippen LogP contribution in [0.2, 0.25) is 0 Å². The van der Waals surface area contributed by atoms with Gasteiger partial charge in [0, 0.05) is 23.4 Å². The molecule has 0 saturated heterocycles. The maximum atomic E-state index is 11.2. The first-order valence-corrected chi connectivity index (χ1v) is 11.0. The van der Waals surface area contributed by atoms with Crippen molar-refractivity contribution in [1.82, 2.24) is 9.61 Å². The van der Waals surface area contributed by atoms with Crippen LogP contribution in [0.25, 0.3) is 16.6 Å². The second kappa shape index (κ2) is 9.33. The van der Waals surface area contributed by atoms with Crippen molar-refractivity contribution >= 4 is 22.6 Å². The van der Waals surface area contributed by atoms with Crippen molar-refractivity contribution in [2.75, 3.05) is 0 Å². The first kappa shape index (κ1) is 21.2. The van der Waals surface area contributed by atoms with Crippen molar-refractivity contribution in [3.8, 4) is 11.1 Å². The number of rotatable bonds is 9. The first-order chi connectivity index (χ1) is 13.9. The molecule has 7 heteroatoms. The SMILES string of the molecule is CCc1ccc2c(-c3cccc(CS(=O)[O-])c3)c(CCCCC(=O)O)c(C)nn12.